The number of carbonyl (C=O) groups is 1. The SMILES string of the molecule is CCOC(=O)c1ccc(-n2c(C)cc(C(O)C(O)CO)c2C)cc1. The summed E-state index contributed by atoms with van der Waals surface area (Å²) in [5.74, 6) is -0.368. The topological polar surface area (TPSA) is 91.9 Å². The number of rotatable bonds is 6. The number of aryl methyl sites for hydroxylation is 1. The summed E-state index contributed by atoms with van der Waals surface area (Å²) in [5.41, 5.74) is 3.49. The van der Waals surface area contributed by atoms with Crippen LogP contribution in [0.15, 0.2) is 30.3 Å². The van der Waals surface area contributed by atoms with Crippen molar-refractivity contribution in [1.82, 2.24) is 4.57 Å². The van der Waals surface area contributed by atoms with Crippen LogP contribution in [-0.2, 0) is 4.74 Å². The van der Waals surface area contributed by atoms with E-state index in [-0.39, 0.29) is 5.97 Å². The number of nitrogens with zero attached hydrogens (tertiary/aromatic N) is 1. The molecule has 130 valence electrons. The average Bonchev–Trinajstić information content (AvgIpc) is 2.88. The number of aromatic nitrogens is 1. The Bertz CT molecular complexity index is 705. The average molecular weight is 333 g/mol. The molecule has 2 rings (SSSR count). The largest absolute Gasteiger partial charge is 0.462 e. The zero-order chi connectivity index (χ0) is 17.9. The first-order valence-electron chi connectivity index (χ1n) is 7.84. The van der Waals surface area contributed by atoms with Crippen molar-refractivity contribution in [2.75, 3.05) is 13.2 Å². The standard InChI is InChI=1S/C18H23NO5/c1-4-24-18(23)13-5-7-14(8-6-13)19-11(2)9-15(12(19)3)17(22)16(21)10-20/h5-9,16-17,20-22H,4,10H2,1-3H3. The minimum absolute atomic E-state index is 0.324. The number of ether oxygens (including phenoxy) is 1. The predicted molar refractivity (Wildman–Crippen MR) is 89.3 cm³/mol. The van der Waals surface area contributed by atoms with E-state index in [1.54, 1.807) is 37.3 Å². The fourth-order valence-electron chi connectivity index (χ4n) is 2.75. The van der Waals surface area contributed by atoms with Crippen molar-refractivity contribution in [3.8, 4) is 5.69 Å². The molecule has 6 heteroatoms. The molecule has 3 N–H and O–H groups in total. The summed E-state index contributed by atoms with van der Waals surface area (Å²) >= 11 is 0. The van der Waals surface area contributed by atoms with Gasteiger partial charge in [0.1, 0.15) is 12.2 Å². The molecule has 0 saturated carbocycles. The first-order chi connectivity index (χ1) is 11.4. The van der Waals surface area contributed by atoms with Crippen molar-refractivity contribution in [2.24, 2.45) is 0 Å². The molecule has 2 unspecified atom stereocenters. The van der Waals surface area contributed by atoms with E-state index < -0.39 is 18.8 Å². The summed E-state index contributed by atoms with van der Waals surface area (Å²) in [6.45, 7) is 5.28. The van der Waals surface area contributed by atoms with Gasteiger partial charge in [-0.3, -0.25) is 0 Å². The summed E-state index contributed by atoms with van der Waals surface area (Å²) in [6, 6.07) is 8.74. The van der Waals surface area contributed by atoms with Gasteiger partial charge in [-0.1, -0.05) is 0 Å². The van der Waals surface area contributed by atoms with E-state index in [0.717, 1.165) is 17.1 Å². The van der Waals surface area contributed by atoms with Crippen molar-refractivity contribution in [3.63, 3.8) is 0 Å². The highest BCUT2D eigenvalue weighted by atomic mass is 16.5. The molecule has 0 bridgehead atoms. The van der Waals surface area contributed by atoms with E-state index in [0.29, 0.717) is 17.7 Å². The summed E-state index contributed by atoms with van der Waals surface area (Å²) in [7, 11) is 0. The van der Waals surface area contributed by atoms with Crippen LogP contribution in [0.5, 0.6) is 0 Å². The summed E-state index contributed by atoms with van der Waals surface area (Å²) in [6.07, 6.45) is -2.39. The number of aliphatic hydroxyl groups excluding tert-OH is 3. The lowest BCUT2D eigenvalue weighted by Gasteiger charge is -2.16. The third-order valence-corrected chi connectivity index (χ3v) is 3.98. The van der Waals surface area contributed by atoms with Crippen molar-refractivity contribution >= 4 is 5.97 Å². The van der Waals surface area contributed by atoms with Gasteiger partial charge in [0.05, 0.1) is 18.8 Å². The highest BCUT2D eigenvalue weighted by Gasteiger charge is 2.23. The molecule has 1 aromatic carbocycles. The van der Waals surface area contributed by atoms with Gasteiger partial charge in [-0.25, -0.2) is 4.79 Å². The van der Waals surface area contributed by atoms with Gasteiger partial charge >= 0.3 is 5.97 Å². The Balaban J connectivity index is 2.36. The highest BCUT2D eigenvalue weighted by Crippen LogP contribution is 2.27. The molecule has 24 heavy (non-hydrogen) atoms. The van der Waals surface area contributed by atoms with Crippen LogP contribution in [0.25, 0.3) is 5.69 Å². The van der Waals surface area contributed by atoms with Gasteiger partial charge in [0.25, 0.3) is 0 Å². The molecule has 1 heterocycles. The number of aliphatic hydroxyl groups is 3. The van der Waals surface area contributed by atoms with Gasteiger partial charge in [-0.15, -0.1) is 0 Å². The van der Waals surface area contributed by atoms with Gasteiger partial charge in [0, 0.05) is 22.6 Å². The molecule has 0 aliphatic rings. The van der Waals surface area contributed by atoms with Gasteiger partial charge in [-0.2, -0.15) is 0 Å². The lowest BCUT2D eigenvalue weighted by molar-refractivity contribution is -0.0155. The maximum atomic E-state index is 11.7. The van der Waals surface area contributed by atoms with E-state index in [1.165, 1.54) is 0 Å². The molecule has 0 radical (unpaired) electrons. The molecule has 0 spiro atoms. The van der Waals surface area contributed by atoms with Crippen LogP contribution in [0.3, 0.4) is 0 Å². The predicted octanol–water partition coefficient (Wildman–Crippen LogP) is 1.66. The quantitative estimate of drug-likeness (QED) is 0.699. The third-order valence-electron chi connectivity index (χ3n) is 3.98. The van der Waals surface area contributed by atoms with Crippen molar-refractivity contribution in [2.45, 2.75) is 33.0 Å². The summed E-state index contributed by atoms with van der Waals surface area (Å²) in [5, 5.41) is 28.8. The fourth-order valence-corrected chi connectivity index (χ4v) is 2.75. The normalized spacial score (nSPS) is 13.6. The number of esters is 1. The number of carbonyl (C=O) groups excluding carboxylic acids is 1. The Kier molecular flexibility index (Phi) is 5.77. The van der Waals surface area contributed by atoms with E-state index in [2.05, 4.69) is 0 Å². The lowest BCUT2D eigenvalue weighted by Crippen LogP contribution is -2.22. The second-order valence-electron chi connectivity index (χ2n) is 5.62. The Morgan fingerprint density at radius 2 is 1.83 bits per heavy atom. The Morgan fingerprint density at radius 3 is 2.38 bits per heavy atom. The second kappa shape index (κ2) is 7.61. The second-order valence-corrected chi connectivity index (χ2v) is 5.62. The van der Waals surface area contributed by atoms with Gasteiger partial charge in [0.2, 0.25) is 0 Å². The molecular formula is C18H23NO5. The van der Waals surface area contributed by atoms with E-state index in [4.69, 9.17) is 9.84 Å². The summed E-state index contributed by atoms with van der Waals surface area (Å²) < 4.78 is 6.88. The van der Waals surface area contributed by atoms with Crippen LogP contribution in [0.4, 0.5) is 0 Å². The number of hydrogen-bond donors (Lipinski definition) is 3. The van der Waals surface area contributed by atoms with Crippen LogP contribution in [-0.4, -0.2) is 45.2 Å². The minimum Gasteiger partial charge on any atom is -0.462 e. The molecule has 0 aliphatic carbocycles. The molecule has 0 aliphatic heterocycles. The fraction of sp³-hybridized carbons (Fsp3) is 0.389. The third kappa shape index (κ3) is 3.51. The maximum Gasteiger partial charge on any atom is 0.338 e. The monoisotopic (exact) mass is 333 g/mol. The van der Waals surface area contributed by atoms with Crippen molar-refractivity contribution in [1.29, 1.82) is 0 Å². The van der Waals surface area contributed by atoms with E-state index >= 15 is 0 Å². The highest BCUT2D eigenvalue weighted by molar-refractivity contribution is 5.89. The van der Waals surface area contributed by atoms with Crippen molar-refractivity contribution in [3.05, 3.63) is 52.8 Å². The molecular weight excluding hydrogens is 310 g/mol. The first-order valence-corrected chi connectivity index (χ1v) is 7.84. The van der Waals surface area contributed by atoms with Gasteiger partial charge in [-0.05, 0) is 51.1 Å². The van der Waals surface area contributed by atoms with Gasteiger partial charge < -0.3 is 24.6 Å². The van der Waals surface area contributed by atoms with Crippen LogP contribution < -0.4 is 0 Å². The molecule has 2 aromatic rings. The van der Waals surface area contributed by atoms with Crippen LogP contribution in [0.1, 0.15) is 40.3 Å². The molecule has 0 saturated heterocycles. The van der Waals surface area contributed by atoms with Crippen LogP contribution in [0, 0.1) is 13.8 Å². The van der Waals surface area contributed by atoms with Crippen LogP contribution >= 0.6 is 0 Å². The zero-order valence-corrected chi connectivity index (χ0v) is 14.1. The molecule has 1 aromatic heterocycles. The lowest BCUT2D eigenvalue weighted by atomic mass is 10.1. The maximum absolute atomic E-state index is 11.7. The van der Waals surface area contributed by atoms with Crippen molar-refractivity contribution < 1.29 is 24.9 Å². The van der Waals surface area contributed by atoms with E-state index in [1.807, 2.05) is 18.4 Å². The first kappa shape index (κ1) is 18.2. The van der Waals surface area contributed by atoms with Crippen LogP contribution in [0.2, 0.25) is 0 Å². The Hall–Kier alpha value is -2.15. The van der Waals surface area contributed by atoms with Gasteiger partial charge in [0.15, 0.2) is 0 Å². The molecule has 6 nitrogen and oxygen atoms in total. The smallest absolute Gasteiger partial charge is 0.338 e. The van der Waals surface area contributed by atoms with E-state index in [9.17, 15) is 15.0 Å². The number of benzene rings is 1. The number of hydrogen-bond acceptors (Lipinski definition) is 5. The molecule has 0 fully saturated rings. The molecule has 2 atom stereocenters. The summed E-state index contributed by atoms with van der Waals surface area (Å²) in [4.78, 5) is 11.7. The Labute approximate surface area is 140 Å². The zero-order valence-electron chi connectivity index (χ0n) is 14.1. The minimum atomic E-state index is -1.23. The molecule has 0 amide bonds. The Morgan fingerprint density at radius 1 is 1.21 bits per heavy atom.